The van der Waals surface area contributed by atoms with Crippen molar-refractivity contribution in [2.45, 2.75) is 10.4 Å². The van der Waals surface area contributed by atoms with Gasteiger partial charge in [-0.05, 0) is 42.5 Å². The van der Waals surface area contributed by atoms with Crippen molar-refractivity contribution in [3.05, 3.63) is 71.5 Å². The molecule has 3 heterocycles. The third-order valence-corrected chi connectivity index (χ3v) is 7.09. The number of benzene rings is 1. The van der Waals surface area contributed by atoms with Crippen molar-refractivity contribution in [1.82, 2.24) is 15.0 Å². The van der Waals surface area contributed by atoms with Gasteiger partial charge in [0, 0.05) is 22.3 Å². The highest BCUT2D eigenvalue weighted by molar-refractivity contribution is 7.91. The van der Waals surface area contributed by atoms with Gasteiger partial charge in [0.05, 0.1) is 16.3 Å². The quantitative estimate of drug-likeness (QED) is 0.416. The lowest BCUT2D eigenvalue weighted by molar-refractivity contribution is -0.141. The van der Waals surface area contributed by atoms with E-state index in [2.05, 4.69) is 15.0 Å². The topological polar surface area (TPSA) is 98.8 Å². The third kappa shape index (κ3) is 4.80. The Morgan fingerprint density at radius 1 is 0.906 bits per heavy atom. The minimum Gasteiger partial charge on any atom is -0.255 e. The number of nitrogens with zero attached hydrogens (tertiary/aromatic N) is 3. The summed E-state index contributed by atoms with van der Waals surface area (Å²) in [5.41, 5.74) is 0.0376. The Morgan fingerprint density at radius 2 is 1.62 bits per heavy atom. The van der Waals surface area contributed by atoms with E-state index in [9.17, 15) is 21.6 Å². The predicted molar refractivity (Wildman–Crippen MR) is 115 cm³/mol. The van der Waals surface area contributed by atoms with E-state index in [0.717, 1.165) is 17.4 Å². The van der Waals surface area contributed by atoms with Crippen LogP contribution in [0.2, 0.25) is 5.02 Å². The fourth-order valence-corrected chi connectivity index (χ4v) is 4.63. The zero-order valence-corrected chi connectivity index (χ0v) is 18.2. The number of alkyl halides is 3. The minimum atomic E-state index is -4.69. The Hall–Kier alpha value is -2.86. The molecule has 0 saturated carbocycles. The van der Waals surface area contributed by atoms with Crippen molar-refractivity contribution in [1.29, 1.82) is 0 Å². The molecule has 0 aliphatic carbocycles. The zero-order valence-electron chi connectivity index (χ0n) is 15.8. The lowest BCUT2D eigenvalue weighted by Crippen LogP contribution is -2.10. The molecular formula is C20H12ClF3N4O2S2. The fourth-order valence-electron chi connectivity index (χ4n) is 2.81. The molecule has 1 aromatic carbocycles. The number of primary sulfonamides is 1. The molecule has 3 aromatic heterocycles. The van der Waals surface area contributed by atoms with E-state index < -0.39 is 21.9 Å². The van der Waals surface area contributed by atoms with Crippen molar-refractivity contribution < 1.29 is 21.6 Å². The number of aromatic nitrogens is 3. The van der Waals surface area contributed by atoms with Gasteiger partial charge in [-0.15, -0.1) is 11.3 Å². The summed E-state index contributed by atoms with van der Waals surface area (Å²) >= 11 is 6.77. The van der Waals surface area contributed by atoms with Gasteiger partial charge >= 0.3 is 6.18 Å². The highest BCUT2D eigenvalue weighted by atomic mass is 35.5. The summed E-state index contributed by atoms with van der Waals surface area (Å²) < 4.78 is 63.5. The van der Waals surface area contributed by atoms with Gasteiger partial charge in [0.2, 0.25) is 10.0 Å². The molecule has 0 atom stereocenters. The van der Waals surface area contributed by atoms with Crippen molar-refractivity contribution in [2.75, 3.05) is 0 Å². The first-order valence-electron chi connectivity index (χ1n) is 8.82. The van der Waals surface area contributed by atoms with Crippen molar-refractivity contribution >= 4 is 33.0 Å². The van der Waals surface area contributed by atoms with E-state index in [0.29, 0.717) is 21.2 Å². The van der Waals surface area contributed by atoms with Crippen LogP contribution in [0.3, 0.4) is 0 Å². The zero-order chi connectivity index (χ0) is 23.1. The maximum atomic E-state index is 13.5. The molecular weight excluding hydrogens is 485 g/mol. The fraction of sp³-hybridized carbons (Fsp3) is 0.0500. The molecule has 2 N–H and O–H groups in total. The first-order chi connectivity index (χ1) is 15.0. The van der Waals surface area contributed by atoms with Gasteiger partial charge in [-0.3, -0.25) is 4.98 Å². The van der Waals surface area contributed by atoms with E-state index in [-0.39, 0.29) is 21.3 Å². The molecule has 12 heteroatoms. The lowest BCUT2D eigenvalue weighted by Gasteiger charge is -2.11. The summed E-state index contributed by atoms with van der Waals surface area (Å²) in [6.07, 6.45) is -3.31. The molecule has 0 amide bonds. The highest BCUT2D eigenvalue weighted by Gasteiger charge is 2.34. The number of hydrogen-bond acceptors (Lipinski definition) is 6. The smallest absolute Gasteiger partial charge is 0.255 e. The first-order valence-corrected chi connectivity index (χ1v) is 11.6. The second-order valence-corrected chi connectivity index (χ2v) is 9.87. The number of thiophene rings is 1. The van der Waals surface area contributed by atoms with Crippen molar-refractivity contribution in [3.8, 4) is 33.2 Å². The molecule has 0 saturated heterocycles. The largest absolute Gasteiger partial charge is 0.433 e. The maximum absolute atomic E-state index is 13.5. The van der Waals surface area contributed by atoms with Crippen LogP contribution in [0, 0.1) is 0 Å². The average Bonchev–Trinajstić information content (AvgIpc) is 3.24. The van der Waals surface area contributed by atoms with Crippen LogP contribution >= 0.6 is 22.9 Å². The second kappa shape index (κ2) is 8.24. The lowest BCUT2D eigenvalue weighted by atomic mass is 10.1. The Labute approximate surface area is 189 Å². The molecule has 4 rings (SSSR count). The standard InChI is InChI=1S/C20H12ClF3N4O2S2/c21-13-3-1-11(2-4-13)14-10-17(20(22,23)24)28-19(27-14)12-7-8-26-15(9-12)16-5-6-18(31-16)32(25,29)30/h1-10H,(H2,25,29,30). The summed E-state index contributed by atoms with van der Waals surface area (Å²) in [7, 11) is -3.88. The van der Waals surface area contributed by atoms with Gasteiger partial charge in [-0.1, -0.05) is 23.7 Å². The minimum absolute atomic E-state index is 0.0555. The number of pyridine rings is 1. The van der Waals surface area contributed by atoms with Crippen LogP contribution in [0.5, 0.6) is 0 Å². The van der Waals surface area contributed by atoms with Crippen LogP contribution in [-0.2, 0) is 16.2 Å². The molecule has 0 fully saturated rings. The Morgan fingerprint density at radius 3 is 2.25 bits per heavy atom. The van der Waals surface area contributed by atoms with Gasteiger partial charge in [0.15, 0.2) is 5.82 Å². The highest BCUT2D eigenvalue weighted by Crippen LogP contribution is 2.34. The van der Waals surface area contributed by atoms with Crippen LogP contribution in [0.4, 0.5) is 13.2 Å². The van der Waals surface area contributed by atoms with E-state index in [4.69, 9.17) is 16.7 Å². The summed E-state index contributed by atoms with van der Waals surface area (Å²) in [5.74, 6) is -0.156. The SMILES string of the molecule is NS(=O)(=O)c1ccc(-c2cc(-c3nc(-c4ccc(Cl)cc4)cc(C(F)(F)F)n3)ccn2)s1. The number of hydrogen-bond donors (Lipinski definition) is 1. The Bertz CT molecular complexity index is 1410. The van der Waals surface area contributed by atoms with Crippen molar-refractivity contribution in [2.24, 2.45) is 5.14 Å². The second-order valence-electron chi connectivity index (χ2n) is 6.56. The van der Waals surface area contributed by atoms with Gasteiger partial charge in [0.1, 0.15) is 9.90 Å². The molecule has 0 aliphatic rings. The van der Waals surface area contributed by atoms with Gasteiger partial charge in [-0.25, -0.2) is 23.5 Å². The van der Waals surface area contributed by atoms with Crippen LogP contribution in [-0.4, -0.2) is 23.4 Å². The van der Waals surface area contributed by atoms with E-state index in [1.54, 1.807) is 24.3 Å². The van der Waals surface area contributed by atoms with Gasteiger partial charge < -0.3 is 0 Å². The predicted octanol–water partition coefficient (Wildman–Crippen LogP) is 5.25. The van der Waals surface area contributed by atoms with Crippen LogP contribution in [0.15, 0.2) is 65.0 Å². The molecule has 32 heavy (non-hydrogen) atoms. The monoisotopic (exact) mass is 496 g/mol. The van der Waals surface area contributed by atoms with Crippen molar-refractivity contribution in [3.63, 3.8) is 0 Å². The van der Waals surface area contributed by atoms with E-state index in [1.807, 2.05) is 0 Å². The van der Waals surface area contributed by atoms with E-state index in [1.165, 1.54) is 30.5 Å². The summed E-state index contributed by atoms with van der Waals surface area (Å²) in [5, 5.41) is 5.57. The molecule has 4 aromatic rings. The summed E-state index contributed by atoms with van der Waals surface area (Å²) in [6.45, 7) is 0. The molecule has 164 valence electrons. The maximum Gasteiger partial charge on any atom is 0.433 e. The van der Waals surface area contributed by atoms with Crippen LogP contribution in [0.1, 0.15) is 5.69 Å². The normalized spacial score (nSPS) is 12.2. The van der Waals surface area contributed by atoms with E-state index >= 15 is 0 Å². The molecule has 0 aliphatic heterocycles. The van der Waals surface area contributed by atoms with Gasteiger partial charge in [-0.2, -0.15) is 13.2 Å². The number of halogens is 4. The Kier molecular flexibility index (Phi) is 5.76. The van der Waals surface area contributed by atoms with Crippen LogP contribution < -0.4 is 5.14 Å². The van der Waals surface area contributed by atoms with Crippen LogP contribution in [0.25, 0.3) is 33.2 Å². The van der Waals surface area contributed by atoms with Gasteiger partial charge in [0.25, 0.3) is 0 Å². The average molecular weight is 497 g/mol. The molecule has 6 nitrogen and oxygen atoms in total. The summed E-state index contributed by atoms with van der Waals surface area (Å²) in [4.78, 5) is 12.6. The molecule has 0 radical (unpaired) electrons. The first kappa shape index (κ1) is 22.3. The number of nitrogens with two attached hydrogens (primary N) is 1. The molecule has 0 spiro atoms. The molecule has 0 unspecified atom stereocenters. The summed E-state index contributed by atoms with van der Waals surface area (Å²) in [6, 6.07) is 12.9. The Balaban J connectivity index is 1.82. The molecule has 0 bridgehead atoms. The third-order valence-electron chi connectivity index (χ3n) is 4.29. The number of rotatable bonds is 4. The number of sulfonamides is 1.